The van der Waals surface area contributed by atoms with E-state index >= 15 is 0 Å². The van der Waals surface area contributed by atoms with Crippen LogP contribution in [0.2, 0.25) is 0 Å². The molecule has 1 saturated carbocycles. The minimum atomic E-state index is 0.104. The number of rotatable bonds is 4. The van der Waals surface area contributed by atoms with E-state index in [0.29, 0.717) is 12.0 Å². The van der Waals surface area contributed by atoms with Gasteiger partial charge in [0.05, 0.1) is 6.61 Å². The Morgan fingerprint density at radius 3 is 2.56 bits per heavy atom. The van der Waals surface area contributed by atoms with E-state index in [1.165, 1.54) is 32.1 Å². The predicted octanol–water partition coefficient (Wildman–Crippen LogP) is 2.25. The Kier molecular flexibility index (Phi) is 4.68. The first-order valence-electron chi connectivity index (χ1n) is 7.60. The topological polar surface area (TPSA) is 38.5 Å². The van der Waals surface area contributed by atoms with E-state index in [1.807, 2.05) is 0 Å². The Morgan fingerprint density at radius 2 is 2.00 bits per heavy atom. The summed E-state index contributed by atoms with van der Waals surface area (Å²) < 4.78 is 5.59. The maximum absolute atomic E-state index is 6.14. The van der Waals surface area contributed by atoms with Crippen LogP contribution in [0, 0.1) is 11.8 Å². The van der Waals surface area contributed by atoms with Gasteiger partial charge >= 0.3 is 0 Å². The standard InChI is InChI=1S/C15H30N2O/c1-12-6-4-5-7-14(12)17(3)15(2,11-16)13-8-9-18-10-13/h12-14H,4-11,16H2,1-3H3. The normalized spacial score (nSPS) is 36.8. The van der Waals surface area contributed by atoms with Crippen LogP contribution in [0.15, 0.2) is 0 Å². The van der Waals surface area contributed by atoms with Gasteiger partial charge in [0.25, 0.3) is 0 Å². The lowest BCUT2D eigenvalue weighted by Crippen LogP contribution is -2.60. The van der Waals surface area contributed by atoms with Gasteiger partial charge < -0.3 is 10.5 Å². The summed E-state index contributed by atoms with van der Waals surface area (Å²) in [5.74, 6) is 1.40. The summed E-state index contributed by atoms with van der Waals surface area (Å²) in [5, 5.41) is 0. The molecule has 0 radical (unpaired) electrons. The average molecular weight is 254 g/mol. The van der Waals surface area contributed by atoms with E-state index in [9.17, 15) is 0 Å². The quantitative estimate of drug-likeness (QED) is 0.836. The minimum Gasteiger partial charge on any atom is -0.381 e. The van der Waals surface area contributed by atoms with Crippen LogP contribution < -0.4 is 5.73 Å². The summed E-state index contributed by atoms with van der Waals surface area (Å²) in [7, 11) is 2.29. The molecule has 0 aromatic heterocycles. The lowest BCUT2D eigenvalue weighted by atomic mass is 9.78. The zero-order chi connectivity index (χ0) is 13.2. The van der Waals surface area contributed by atoms with Crippen molar-refractivity contribution >= 4 is 0 Å². The molecule has 0 amide bonds. The Morgan fingerprint density at radius 1 is 1.28 bits per heavy atom. The molecule has 2 N–H and O–H groups in total. The maximum Gasteiger partial charge on any atom is 0.0513 e. The van der Waals surface area contributed by atoms with Crippen LogP contribution >= 0.6 is 0 Å². The molecule has 3 nitrogen and oxygen atoms in total. The van der Waals surface area contributed by atoms with Gasteiger partial charge in [-0.1, -0.05) is 19.8 Å². The van der Waals surface area contributed by atoms with Crippen molar-refractivity contribution in [2.75, 3.05) is 26.8 Å². The van der Waals surface area contributed by atoms with Gasteiger partial charge in [-0.15, -0.1) is 0 Å². The molecule has 1 heterocycles. The summed E-state index contributed by atoms with van der Waals surface area (Å²) in [6, 6.07) is 0.702. The van der Waals surface area contributed by atoms with Gasteiger partial charge in [0, 0.05) is 30.7 Å². The number of ether oxygens (including phenoxy) is 1. The molecule has 4 unspecified atom stereocenters. The second-order valence-electron chi connectivity index (χ2n) is 6.56. The first-order valence-corrected chi connectivity index (χ1v) is 7.60. The summed E-state index contributed by atoms with van der Waals surface area (Å²) in [4.78, 5) is 2.59. The SMILES string of the molecule is CC1CCCCC1N(C)C(C)(CN)C1CCOC1. The Labute approximate surface area is 112 Å². The van der Waals surface area contributed by atoms with Gasteiger partial charge in [-0.2, -0.15) is 0 Å². The number of hydrogen-bond acceptors (Lipinski definition) is 3. The molecule has 18 heavy (non-hydrogen) atoms. The molecule has 4 atom stereocenters. The second-order valence-corrected chi connectivity index (χ2v) is 6.56. The summed E-state index contributed by atoms with van der Waals surface area (Å²) >= 11 is 0. The molecule has 106 valence electrons. The molecule has 3 heteroatoms. The molecule has 1 aliphatic carbocycles. The lowest BCUT2D eigenvalue weighted by molar-refractivity contribution is 0.00117. The van der Waals surface area contributed by atoms with Gasteiger partial charge in [0.2, 0.25) is 0 Å². The molecule has 2 fully saturated rings. The molecule has 0 aromatic rings. The van der Waals surface area contributed by atoms with Crippen molar-refractivity contribution in [2.24, 2.45) is 17.6 Å². The molecule has 0 spiro atoms. The fourth-order valence-electron chi connectivity index (χ4n) is 3.87. The first kappa shape index (κ1) is 14.3. The van der Waals surface area contributed by atoms with Crippen molar-refractivity contribution in [3.05, 3.63) is 0 Å². The highest BCUT2D eigenvalue weighted by Gasteiger charge is 2.42. The number of hydrogen-bond donors (Lipinski definition) is 1. The third-order valence-corrected chi connectivity index (χ3v) is 5.59. The molecular weight excluding hydrogens is 224 g/mol. The molecule has 0 aromatic carbocycles. The molecule has 0 bridgehead atoms. The monoisotopic (exact) mass is 254 g/mol. The largest absolute Gasteiger partial charge is 0.381 e. The predicted molar refractivity (Wildman–Crippen MR) is 75.6 cm³/mol. The van der Waals surface area contributed by atoms with E-state index in [-0.39, 0.29) is 5.54 Å². The van der Waals surface area contributed by atoms with Crippen LogP contribution in [0.4, 0.5) is 0 Å². The van der Waals surface area contributed by atoms with E-state index in [1.54, 1.807) is 0 Å². The van der Waals surface area contributed by atoms with E-state index in [0.717, 1.165) is 25.7 Å². The van der Waals surface area contributed by atoms with E-state index in [4.69, 9.17) is 10.5 Å². The van der Waals surface area contributed by atoms with Crippen molar-refractivity contribution in [1.82, 2.24) is 4.90 Å². The fraction of sp³-hybridized carbons (Fsp3) is 1.00. The number of nitrogens with two attached hydrogens (primary N) is 1. The second kappa shape index (κ2) is 5.89. The van der Waals surface area contributed by atoms with E-state index in [2.05, 4.69) is 25.8 Å². The third kappa shape index (κ3) is 2.59. The molecular formula is C15H30N2O. The van der Waals surface area contributed by atoms with Crippen molar-refractivity contribution < 1.29 is 4.74 Å². The van der Waals surface area contributed by atoms with Crippen LogP contribution in [0.1, 0.15) is 46.0 Å². The van der Waals surface area contributed by atoms with Gasteiger partial charge in [0.15, 0.2) is 0 Å². The zero-order valence-electron chi connectivity index (χ0n) is 12.3. The van der Waals surface area contributed by atoms with Crippen LogP contribution in [-0.2, 0) is 4.74 Å². The molecule has 1 saturated heterocycles. The maximum atomic E-state index is 6.14. The highest BCUT2D eigenvalue weighted by Crippen LogP contribution is 2.36. The minimum absolute atomic E-state index is 0.104. The van der Waals surface area contributed by atoms with Crippen molar-refractivity contribution in [2.45, 2.75) is 57.5 Å². The van der Waals surface area contributed by atoms with E-state index < -0.39 is 0 Å². The molecule has 1 aliphatic heterocycles. The Bertz CT molecular complexity index is 265. The van der Waals surface area contributed by atoms with Gasteiger partial charge in [-0.3, -0.25) is 4.90 Å². The van der Waals surface area contributed by atoms with Gasteiger partial charge in [-0.25, -0.2) is 0 Å². The summed E-state index contributed by atoms with van der Waals surface area (Å²) in [6.45, 7) is 7.28. The summed E-state index contributed by atoms with van der Waals surface area (Å²) in [5.41, 5.74) is 6.25. The van der Waals surface area contributed by atoms with Crippen LogP contribution in [-0.4, -0.2) is 43.3 Å². The molecule has 2 rings (SSSR count). The van der Waals surface area contributed by atoms with Crippen molar-refractivity contribution in [1.29, 1.82) is 0 Å². The zero-order valence-corrected chi connectivity index (χ0v) is 12.3. The van der Waals surface area contributed by atoms with Crippen LogP contribution in [0.3, 0.4) is 0 Å². The lowest BCUT2D eigenvalue weighted by Gasteiger charge is -2.49. The Hall–Kier alpha value is -0.120. The molecule has 2 aliphatic rings. The smallest absolute Gasteiger partial charge is 0.0513 e. The average Bonchev–Trinajstić information content (AvgIpc) is 2.92. The van der Waals surface area contributed by atoms with Crippen LogP contribution in [0.5, 0.6) is 0 Å². The van der Waals surface area contributed by atoms with Gasteiger partial charge in [0.1, 0.15) is 0 Å². The highest BCUT2D eigenvalue weighted by molar-refractivity contribution is 4.98. The summed E-state index contributed by atoms with van der Waals surface area (Å²) in [6.07, 6.45) is 6.65. The fourth-order valence-corrected chi connectivity index (χ4v) is 3.87. The van der Waals surface area contributed by atoms with Gasteiger partial charge in [-0.05, 0) is 39.2 Å². The van der Waals surface area contributed by atoms with Crippen molar-refractivity contribution in [3.63, 3.8) is 0 Å². The highest BCUT2D eigenvalue weighted by atomic mass is 16.5. The van der Waals surface area contributed by atoms with Crippen molar-refractivity contribution in [3.8, 4) is 0 Å². The number of nitrogens with zero attached hydrogens (tertiary/aromatic N) is 1. The Balaban J connectivity index is 2.09. The first-order chi connectivity index (χ1) is 8.59. The van der Waals surface area contributed by atoms with Crippen LogP contribution in [0.25, 0.3) is 0 Å². The number of likely N-dealkylation sites (N-methyl/N-ethyl adjacent to an activating group) is 1. The third-order valence-electron chi connectivity index (χ3n) is 5.59.